The molecule has 1 saturated heterocycles. The predicted molar refractivity (Wildman–Crippen MR) is 121 cm³/mol. The lowest BCUT2D eigenvalue weighted by molar-refractivity contribution is -0.132. The smallest absolute Gasteiger partial charge is 0.222 e. The summed E-state index contributed by atoms with van der Waals surface area (Å²) in [5, 5.41) is 6.24. The van der Waals surface area contributed by atoms with Crippen LogP contribution >= 0.6 is 22.7 Å². The molecule has 5 nitrogen and oxygen atoms in total. The molecule has 30 heavy (non-hydrogen) atoms. The van der Waals surface area contributed by atoms with Gasteiger partial charge in [-0.3, -0.25) is 9.59 Å². The summed E-state index contributed by atoms with van der Waals surface area (Å²) < 4.78 is 2.27. The van der Waals surface area contributed by atoms with Crippen LogP contribution in [0.5, 0.6) is 0 Å². The summed E-state index contributed by atoms with van der Waals surface area (Å²) in [4.78, 5) is 32.0. The van der Waals surface area contributed by atoms with Crippen LogP contribution in [0.2, 0.25) is 0 Å². The monoisotopic (exact) mass is 441 g/mol. The molecule has 4 heterocycles. The Kier molecular flexibility index (Phi) is 7.12. The quantitative estimate of drug-likeness (QED) is 0.439. The number of ketones is 1. The summed E-state index contributed by atoms with van der Waals surface area (Å²) in [6.07, 6.45) is 8.43. The van der Waals surface area contributed by atoms with E-state index in [1.807, 2.05) is 28.6 Å². The van der Waals surface area contributed by atoms with Crippen molar-refractivity contribution in [2.45, 2.75) is 51.0 Å². The highest BCUT2D eigenvalue weighted by Gasteiger charge is 2.26. The molecule has 4 rings (SSSR count). The molecule has 0 atom stereocenters. The number of amides is 1. The van der Waals surface area contributed by atoms with Gasteiger partial charge >= 0.3 is 0 Å². The topological polar surface area (TPSA) is 55.2 Å². The van der Waals surface area contributed by atoms with E-state index in [2.05, 4.69) is 32.6 Å². The van der Waals surface area contributed by atoms with Gasteiger partial charge < -0.3 is 9.47 Å². The normalized spacial score (nSPS) is 14.9. The van der Waals surface area contributed by atoms with Crippen LogP contribution in [0.3, 0.4) is 0 Å². The summed E-state index contributed by atoms with van der Waals surface area (Å²) in [5.74, 6) is 1.88. The number of thiophene rings is 2. The van der Waals surface area contributed by atoms with Gasteiger partial charge in [-0.1, -0.05) is 6.07 Å². The summed E-state index contributed by atoms with van der Waals surface area (Å²) in [6, 6.07) is 5.92. The van der Waals surface area contributed by atoms with Crippen molar-refractivity contribution in [3.05, 3.63) is 63.0 Å². The van der Waals surface area contributed by atoms with Gasteiger partial charge in [-0.15, -0.1) is 11.3 Å². The molecule has 158 valence electrons. The molecule has 1 aliphatic rings. The van der Waals surface area contributed by atoms with Crippen molar-refractivity contribution in [3.63, 3.8) is 0 Å². The molecular weight excluding hydrogens is 414 g/mol. The molecule has 1 amide bonds. The number of rotatable bonds is 9. The molecule has 3 aromatic rings. The zero-order valence-electron chi connectivity index (χ0n) is 17.0. The number of aromatic nitrogens is 2. The van der Waals surface area contributed by atoms with Crippen molar-refractivity contribution < 1.29 is 9.59 Å². The maximum absolute atomic E-state index is 12.6. The minimum atomic E-state index is 0.144. The lowest BCUT2D eigenvalue weighted by Crippen LogP contribution is -2.38. The zero-order chi connectivity index (χ0) is 20.8. The Hall–Kier alpha value is -2.25. The molecule has 0 spiro atoms. The van der Waals surface area contributed by atoms with Crippen LogP contribution in [0.1, 0.15) is 59.1 Å². The second-order valence-electron chi connectivity index (χ2n) is 7.77. The molecule has 1 fully saturated rings. The SMILES string of the molecule is O=C(CCCC(=O)N1CCC(c2nccn2CCc2ccsc2)CC1)c1cccs1. The third-order valence-corrected chi connectivity index (χ3v) is 7.42. The van der Waals surface area contributed by atoms with E-state index in [0.29, 0.717) is 25.2 Å². The van der Waals surface area contributed by atoms with Gasteiger partial charge in [-0.05, 0) is 59.5 Å². The maximum Gasteiger partial charge on any atom is 0.222 e. The van der Waals surface area contributed by atoms with Crippen LogP contribution in [0.4, 0.5) is 0 Å². The van der Waals surface area contributed by atoms with Crippen molar-refractivity contribution in [2.75, 3.05) is 13.1 Å². The van der Waals surface area contributed by atoms with Crippen molar-refractivity contribution in [2.24, 2.45) is 0 Å². The van der Waals surface area contributed by atoms with E-state index < -0.39 is 0 Å². The molecule has 0 radical (unpaired) electrons. The first-order chi connectivity index (χ1) is 14.7. The number of nitrogens with zero attached hydrogens (tertiary/aromatic N) is 3. The van der Waals surface area contributed by atoms with Gasteiger partial charge in [0.2, 0.25) is 5.91 Å². The van der Waals surface area contributed by atoms with Crippen LogP contribution < -0.4 is 0 Å². The highest BCUT2D eigenvalue weighted by atomic mass is 32.1. The van der Waals surface area contributed by atoms with Gasteiger partial charge in [0.15, 0.2) is 5.78 Å². The van der Waals surface area contributed by atoms with Gasteiger partial charge in [-0.2, -0.15) is 11.3 Å². The fourth-order valence-electron chi connectivity index (χ4n) is 4.06. The number of carbonyl (C=O) groups excluding carboxylic acids is 2. The lowest BCUT2D eigenvalue weighted by Gasteiger charge is -2.32. The Balaban J connectivity index is 1.21. The highest BCUT2D eigenvalue weighted by molar-refractivity contribution is 7.12. The number of piperidine rings is 1. The molecule has 1 aliphatic heterocycles. The standard InChI is InChI=1S/C23H27N3O2S2/c27-20(21-4-2-15-30-21)3-1-5-22(28)25-12-7-19(8-13-25)23-24-10-14-26(23)11-6-18-9-16-29-17-18/h2,4,9-10,14-17,19H,1,3,5-8,11-13H2. The summed E-state index contributed by atoms with van der Waals surface area (Å²) in [7, 11) is 0. The predicted octanol–water partition coefficient (Wildman–Crippen LogP) is 5.01. The number of imidazole rings is 1. The number of hydrogen-bond donors (Lipinski definition) is 0. The summed E-state index contributed by atoms with van der Waals surface area (Å²) in [6.45, 7) is 2.50. The highest BCUT2D eigenvalue weighted by Crippen LogP contribution is 2.27. The first kappa shape index (κ1) is 21.0. The summed E-state index contributed by atoms with van der Waals surface area (Å²) in [5.41, 5.74) is 1.37. The molecule has 0 aliphatic carbocycles. The van der Waals surface area contributed by atoms with Gasteiger partial charge in [-0.25, -0.2) is 4.98 Å². The molecule has 7 heteroatoms. The zero-order valence-corrected chi connectivity index (χ0v) is 18.7. The molecule has 0 saturated carbocycles. The fraction of sp³-hybridized carbons (Fsp3) is 0.435. The Morgan fingerprint density at radius 2 is 2.00 bits per heavy atom. The van der Waals surface area contributed by atoms with E-state index >= 15 is 0 Å². The number of likely N-dealkylation sites (tertiary alicyclic amines) is 1. The van der Waals surface area contributed by atoms with E-state index in [1.165, 1.54) is 16.9 Å². The first-order valence-electron chi connectivity index (χ1n) is 10.6. The van der Waals surface area contributed by atoms with Crippen molar-refractivity contribution in [1.29, 1.82) is 0 Å². The third kappa shape index (κ3) is 5.26. The van der Waals surface area contributed by atoms with E-state index in [0.717, 1.165) is 49.6 Å². The van der Waals surface area contributed by atoms with Crippen molar-refractivity contribution in [3.8, 4) is 0 Å². The van der Waals surface area contributed by atoms with Gasteiger partial charge in [0.1, 0.15) is 5.82 Å². The second kappa shape index (κ2) is 10.2. The van der Waals surface area contributed by atoms with Crippen molar-refractivity contribution in [1.82, 2.24) is 14.5 Å². The van der Waals surface area contributed by atoms with Gasteiger partial charge in [0.25, 0.3) is 0 Å². The largest absolute Gasteiger partial charge is 0.343 e. The number of carbonyl (C=O) groups is 2. The minimum Gasteiger partial charge on any atom is -0.343 e. The number of aryl methyl sites for hydroxylation is 2. The third-order valence-electron chi connectivity index (χ3n) is 5.77. The Morgan fingerprint density at radius 1 is 1.13 bits per heavy atom. The van der Waals surface area contributed by atoms with E-state index in [1.54, 1.807) is 11.3 Å². The van der Waals surface area contributed by atoms with Gasteiger partial charge in [0, 0.05) is 50.8 Å². The molecule has 0 aromatic carbocycles. The average Bonchev–Trinajstić information content (AvgIpc) is 3.55. The Bertz CT molecular complexity index is 939. The Morgan fingerprint density at radius 3 is 2.73 bits per heavy atom. The van der Waals surface area contributed by atoms with Crippen LogP contribution in [-0.4, -0.2) is 39.2 Å². The first-order valence-corrected chi connectivity index (χ1v) is 12.4. The van der Waals surface area contributed by atoms with E-state index in [-0.39, 0.29) is 11.7 Å². The van der Waals surface area contributed by atoms with Gasteiger partial charge in [0.05, 0.1) is 4.88 Å². The maximum atomic E-state index is 12.6. The van der Waals surface area contributed by atoms with Crippen LogP contribution in [0.15, 0.2) is 46.7 Å². The summed E-state index contributed by atoms with van der Waals surface area (Å²) >= 11 is 3.21. The minimum absolute atomic E-state index is 0.144. The molecule has 0 unspecified atom stereocenters. The number of hydrogen-bond acceptors (Lipinski definition) is 5. The molecule has 0 bridgehead atoms. The van der Waals surface area contributed by atoms with Crippen LogP contribution in [0, 0.1) is 0 Å². The Labute approximate surface area is 185 Å². The lowest BCUT2D eigenvalue weighted by atomic mass is 9.95. The second-order valence-corrected chi connectivity index (χ2v) is 9.50. The van der Waals surface area contributed by atoms with Crippen molar-refractivity contribution >= 4 is 34.4 Å². The van der Waals surface area contributed by atoms with Crippen LogP contribution in [-0.2, 0) is 17.8 Å². The van der Waals surface area contributed by atoms with E-state index in [9.17, 15) is 9.59 Å². The number of Topliss-reactive ketones (excluding diaryl/α,β-unsaturated/α-hetero) is 1. The molecule has 0 N–H and O–H groups in total. The molecular formula is C23H27N3O2S2. The average molecular weight is 442 g/mol. The fourth-order valence-corrected chi connectivity index (χ4v) is 5.46. The van der Waals surface area contributed by atoms with E-state index in [4.69, 9.17) is 0 Å². The van der Waals surface area contributed by atoms with Crippen LogP contribution in [0.25, 0.3) is 0 Å². The molecule has 3 aromatic heterocycles.